The first-order valence-electron chi connectivity index (χ1n) is 16.1. The maximum atomic E-state index is 13.9. The number of amides is 3. The fraction of sp³-hybridized carbons (Fsp3) is 0.528. The van der Waals surface area contributed by atoms with Crippen molar-refractivity contribution in [2.75, 3.05) is 13.1 Å². The van der Waals surface area contributed by atoms with E-state index in [0.717, 1.165) is 24.0 Å². The molecule has 45 heavy (non-hydrogen) atoms. The first-order valence-corrected chi connectivity index (χ1v) is 16.1. The molecule has 2 aromatic carbocycles. The summed E-state index contributed by atoms with van der Waals surface area (Å²) in [5.41, 5.74) is 7.25. The van der Waals surface area contributed by atoms with Crippen LogP contribution in [0.15, 0.2) is 66.7 Å². The predicted molar refractivity (Wildman–Crippen MR) is 178 cm³/mol. The molecule has 1 aliphatic heterocycles. The van der Waals surface area contributed by atoms with Crippen LogP contribution in [0.25, 0.3) is 6.08 Å². The Bertz CT molecular complexity index is 1240. The van der Waals surface area contributed by atoms with E-state index in [4.69, 9.17) is 10.5 Å². The third-order valence-corrected chi connectivity index (χ3v) is 7.97. The highest BCUT2D eigenvalue weighted by Gasteiger charge is 2.34. The minimum absolute atomic E-state index is 0.0653. The van der Waals surface area contributed by atoms with Crippen LogP contribution in [0.3, 0.4) is 0 Å². The fourth-order valence-corrected chi connectivity index (χ4v) is 5.41. The number of aliphatic hydroxyl groups is 1. The number of aliphatic hydroxyl groups excluding tert-OH is 1. The molecule has 0 saturated carbocycles. The number of likely N-dealkylation sites (tertiary alicyclic amines) is 1. The number of hydrogen-bond acceptors (Lipinski definition) is 6. The van der Waals surface area contributed by atoms with Gasteiger partial charge < -0.3 is 31.1 Å². The molecule has 3 amide bonds. The summed E-state index contributed by atoms with van der Waals surface area (Å²) in [6.45, 7) is 10.3. The van der Waals surface area contributed by atoms with Gasteiger partial charge >= 0.3 is 6.09 Å². The van der Waals surface area contributed by atoms with Gasteiger partial charge in [0.15, 0.2) is 0 Å². The number of benzene rings is 2. The van der Waals surface area contributed by atoms with Gasteiger partial charge in [-0.25, -0.2) is 4.79 Å². The SMILES string of the molecule is CC(C)[C@H](NC(=O)[C@@H](CC=Cc1ccccc1)C[C@H](O)[C@H](Cc1ccccc1)NC(=O)OC(C)(C)C)C(=O)N1CCC(N)CC1. The number of nitrogens with one attached hydrogen (secondary N) is 2. The van der Waals surface area contributed by atoms with Crippen LogP contribution in [-0.4, -0.2) is 70.8 Å². The van der Waals surface area contributed by atoms with E-state index in [9.17, 15) is 19.5 Å². The predicted octanol–water partition coefficient (Wildman–Crippen LogP) is 4.68. The monoisotopic (exact) mass is 620 g/mol. The molecule has 0 aliphatic carbocycles. The Morgan fingerprint density at radius 1 is 1.00 bits per heavy atom. The van der Waals surface area contributed by atoms with Crippen LogP contribution < -0.4 is 16.4 Å². The van der Waals surface area contributed by atoms with Crippen molar-refractivity contribution in [2.24, 2.45) is 17.6 Å². The van der Waals surface area contributed by atoms with E-state index >= 15 is 0 Å². The van der Waals surface area contributed by atoms with Gasteiger partial charge in [-0.15, -0.1) is 0 Å². The average molecular weight is 621 g/mol. The molecule has 0 unspecified atom stereocenters. The number of allylic oxidation sites excluding steroid dienone is 1. The van der Waals surface area contributed by atoms with E-state index in [0.29, 0.717) is 25.9 Å². The van der Waals surface area contributed by atoms with Crippen LogP contribution in [0.5, 0.6) is 0 Å². The number of carbonyl (C=O) groups is 3. The Hall–Kier alpha value is -3.69. The van der Waals surface area contributed by atoms with Crippen LogP contribution in [0.1, 0.15) is 71.4 Å². The Kier molecular flexibility index (Phi) is 13.6. The van der Waals surface area contributed by atoms with Gasteiger partial charge in [-0.2, -0.15) is 0 Å². The van der Waals surface area contributed by atoms with Gasteiger partial charge in [-0.05, 0) is 69.9 Å². The number of piperidine rings is 1. The zero-order valence-electron chi connectivity index (χ0n) is 27.4. The number of nitrogens with two attached hydrogens (primary N) is 1. The molecule has 1 saturated heterocycles. The minimum Gasteiger partial charge on any atom is -0.444 e. The summed E-state index contributed by atoms with van der Waals surface area (Å²) in [6, 6.07) is 18.0. The van der Waals surface area contributed by atoms with Crippen LogP contribution in [0.4, 0.5) is 4.79 Å². The van der Waals surface area contributed by atoms with Crippen molar-refractivity contribution in [3.05, 3.63) is 77.9 Å². The molecule has 4 atom stereocenters. The second-order valence-electron chi connectivity index (χ2n) is 13.4. The normalized spacial score (nSPS) is 17.0. The molecule has 9 nitrogen and oxygen atoms in total. The van der Waals surface area contributed by atoms with Crippen molar-refractivity contribution in [3.8, 4) is 0 Å². The maximum absolute atomic E-state index is 13.9. The fourth-order valence-electron chi connectivity index (χ4n) is 5.41. The van der Waals surface area contributed by atoms with Gasteiger partial charge in [0, 0.05) is 25.0 Å². The molecular formula is C36H52N4O5. The molecule has 1 heterocycles. The van der Waals surface area contributed by atoms with Crippen molar-refractivity contribution >= 4 is 24.0 Å². The molecule has 9 heteroatoms. The number of ether oxygens (including phenoxy) is 1. The molecular weight excluding hydrogens is 568 g/mol. The Morgan fingerprint density at radius 3 is 2.18 bits per heavy atom. The summed E-state index contributed by atoms with van der Waals surface area (Å²) in [7, 11) is 0. The smallest absolute Gasteiger partial charge is 0.407 e. The molecule has 0 bridgehead atoms. The molecule has 2 aromatic rings. The standard InChI is InChI=1S/C36H52N4O5/c1-25(2)32(34(43)40-21-19-29(37)20-22-40)39-33(42)28(18-12-17-26-13-8-6-9-14-26)24-31(41)30(23-27-15-10-7-11-16-27)38-35(44)45-36(3,4)5/h6-17,25,28-32,41H,18-24,37H2,1-5H3,(H,38,44)(H,39,42)/t28-,30-,31-,32-/m0/s1. The molecule has 0 spiro atoms. The summed E-state index contributed by atoms with van der Waals surface area (Å²) in [4.78, 5) is 42.0. The third kappa shape index (κ3) is 12.3. The largest absolute Gasteiger partial charge is 0.444 e. The van der Waals surface area contributed by atoms with Gasteiger partial charge in [-0.3, -0.25) is 9.59 Å². The lowest BCUT2D eigenvalue weighted by atomic mass is 9.90. The zero-order valence-corrected chi connectivity index (χ0v) is 27.4. The second-order valence-corrected chi connectivity index (χ2v) is 13.4. The van der Waals surface area contributed by atoms with Crippen molar-refractivity contribution in [1.29, 1.82) is 0 Å². The highest BCUT2D eigenvalue weighted by atomic mass is 16.6. The summed E-state index contributed by atoms with van der Waals surface area (Å²) < 4.78 is 5.49. The minimum atomic E-state index is -1.07. The van der Waals surface area contributed by atoms with Crippen molar-refractivity contribution in [1.82, 2.24) is 15.5 Å². The van der Waals surface area contributed by atoms with E-state index in [-0.39, 0.29) is 30.2 Å². The van der Waals surface area contributed by atoms with Crippen LogP contribution >= 0.6 is 0 Å². The highest BCUT2D eigenvalue weighted by molar-refractivity contribution is 5.89. The topological polar surface area (TPSA) is 134 Å². The zero-order chi connectivity index (χ0) is 33.0. The van der Waals surface area contributed by atoms with Crippen LogP contribution in [0.2, 0.25) is 0 Å². The van der Waals surface area contributed by atoms with Gasteiger partial charge in [-0.1, -0.05) is 86.7 Å². The van der Waals surface area contributed by atoms with Gasteiger partial charge in [0.2, 0.25) is 11.8 Å². The Labute approximate surface area is 268 Å². The van der Waals surface area contributed by atoms with E-state index in [1.165, 1.54) is 0 Å². The molecule has 0 radical (unpaired) electrons. The molecule has 1 fully saturated rings. The summed E-state index contributed by atoms with van der Waals surface area (Å²) in [5.74, 6) is -1.23. The molecule has 246 valence electrons. The maximum Gasteiger partial charge on any atom is 0.407 e. The summed E-state index contributed by atoms with van der Waals surface area (Å²) in [5, 5.41) is 17.4. The average Bonchev–Trinajstić information content (AvgIpc) is 2.99. The van der Waals surface area contributed by atoms with Crippen LogP contribution in [-0.2, 0) is 20.7 Å². The van der Waals surface area contributed by atoms with E-state index < -0.39 is 35.8 Å². The third-order valence-electron chi connectivity index (χ3n) is 7.97. The summed E-state index contributed by atoms with van der Waals surface area (Å²) >= 11 is 0. The molecule has 5 N–H and O–H groups in total. The molecule has 0 aromatic heterocycles. The van der Waals surface area contributed by atoms with Crippen LogP contribution in [0, 0.1) is 11.8 Å². The second kappa shape index (κ2) is 17.1. The lowest BCUT2D eigenvalue weighted by Gasteiger charge is -2.35. The number of alkyl carbamates (subject to hydrolysis) is 1. The highest BCUT2D eigenvalue weighted by Crippen LogP contribution is 2.21. The Morgan fingerprint density at radius 2 is 1.60 bits per heavy atom. The Balaban J connectivity index is 1.82. The number of nitrogens with zero attached hydrogens (tertiary/aromatic N) is 1. The van der Waals surface area contributed by atoms with E-state index in [2.05, 4.69) is 10.6 Å². The number of carbonyl (C=O) groups excluding carboxylic acids is 3. The number of rotatable bonds is 13. The van der Waals surface area contributed by atoms with Crippen molar-refractivity contribution in [2.45, 2.75) is 96.6 Å². The first-order chi connectivity index (χ1) is 21.3. The summed E-state index contributed by atoms with van der Waals surface area (Å²) in [6.07, 6.45) is 4.35. The lowest BCUT2D eigenvalue weighted by Crippen LogP contribution is -2.55. The molecule has 1 aliphatic rings. The van der Waals surface area contributed by atoms with Crippen molar-refractivity contribution in [3.63, 3.8) is 0 Å². The number of hydrogen-bond donors (Lipinski definition) is 4. The van der Waals surface area contributed by atoms with Gasteiger partial charge in [0.25, 0.3) is 0 Å². The lowest BCUT2D eigenvalue weighted by molar-refractivity contribution is -0.139. The van der Waals surface area contributed by atoms with Gasteiger partial charge in [0.05, 0.1) is 12.1 Å². The molecule has 3 rings (SSSR count). The first kappa shape index (κ1) is 35.8. The van der Waals surface area contributed by atoms with Gasteiger partial charge in [0.1, 0.15) is 11.6 Å². The van der Waals surface area contributed by atoms with E-state index in [1.54, 1.807) is 25.7 Å². The van der Waals surface area contributed by atoms with E-state index in [1.807, 2.05) is 86.7 Å². The quantitative estimate of drug-likeness (QED) is 0.257. The van der Waals surface area contributed by atoms with Crippen molar-refractivity contribution < 1.29 is 24.2 Å².